The molecule has 0 aromatic heterocycles. The van der Waals surface area contributed by atoms with Crippen molar-refractivity contribution < 1.29 is 19.4 Å². The van der Waals surface area contributed by atoms with Gasteiger partial charge in [0.2, 0.25) is 5.91 Å². The minimum atomic E-state index is -0.587. The van der Waals surface area contributed by atoms with Crippen LogP contribution >= 0.6 is 0 Å². The fraction of sp³-hybridized carbons (Fsp3) is 0.833. The molecule has 1 heterocycles. The van der Waals surface area contributed by atoms with Gasteiger partial charge in [0.25, 0.3) is 0 Å². The first-order chi connectivity index (χ1) is 8.52. The molecule has 0 bridgehead atoms. The predicted octanol–water partition coefficient (Wildman–Crippen LogP) is -0.883. The van der Waals surface area contributed by atoms with E-state index in [-0.39, 0.29) is 24.8 Å². The van der Waals surface area contributed by atoms with E-state index in [1.54, 1.807) is 16.8 Å². The summed E-state index contributed by atoms with van der Waals surface area (Å²) in [5.41, 5.74) is 0. The number of rotatable bonds is 6. The maximum atomic E-state index is 11.9. The highest BCUT2D eigenvalue weighted by Crippen LogP contribution is 2.06. The number of likely N-dealkylation sites (N-methyl/N-ethyl adjacent to an activating group) is 1. The van der Waals surface area contributed by atoms with E-state index in [0.717, 1.165) is 0 Å². The summed E-state index contributed by atoms with van der Waals surface area (Å²) in [5.74, 6) is 0.234. The number of methoxy groups -OCH3 is 1. The third-order valence-corrected chi connectivity index (χ3v) is 2.96. The van der Waals surface area contributed by atoms with E-state index in [1.165, 1.54) is 7.11 Å². The smallest absolute Gasteiger partial charge is 0.236 e. The van der Waals surface area contributed by atoms with Gasteiger partial charge in [-0.05, 0) is 7.05 Å². The van der Waals surface area contributed by atoms with E-state index in [9.17, 15) is 14.7 Å². The maximum absolute atomic E-state index is 11.9. The number of ketones is 1. The van der Waals surface area contributed by atoms with Crippen LogP contribution in [-0.2, 0) is 14.3 Å². The van der Waals surface area contributed by atoms with Gasteiger partial charge in [-0.2, -0.15) is 0 Å². The first-order valence-electron chi connectivity index (χ1n) is 6.18. The van der Waals surface area contributed by atoms with Crippen LogP contribution in [0.1, 0.15) is 12.8 Å². The summed E-state index contributed by atoms with van der Waals surface area (Å²) >= 11 is 0. The number of ether oxygens (including phenoxy) is 1. The van der Waals surface area contributed by atoms with Crippen molar-refractivity contribution in [1.82, 2.24) is 9.80 Å². The standard InChI is InChI=1S/C12H22N2O4/c1-13(7-11(16)9-18-2)8-12(17)14-5-3-10(15)4-6-14/h11,16H,3-9H2,1-2H3. The Balaban J connectivity index is 2.28. The number of aliphatic hydroxyl groups is 1. The quantitative estimate of drug-likeness (QED) is 0.670. The van der Waals surface area contributed by atoms with Crippen molar-refractivity contribution in [3.63, 3.8) is 0 Å². The molecule has 1 atom stereocenters. The molecule has 0 radical (unpaired) electrons. The van der Waals surface area contributed by atoms with Crippen molar-refractivity contribution in [1.29, 1.82) is 0 Å². The Kier molecular flexibility index (Phi) is 6.24. The fourth-order valence-electron chi connectivity index (χ4n) is 2.01. The molecular formula is C12H22N2O4. The van der Waals surface area contributed by atoms with Crippen molar-refractivity contribution in [3.05, 3.63) is 0 Å². The van der Waals surface area contributed by atoms with Crippen LogP contribution in [0.2, 0.25) is 0 Å². The summed E-state index contributed by atoms with van der Waals surface area (Å²) < 4.78 is 4.83. The summed E-state index contributed by atoms with van der Waals surface area (Å²) in [5, 5.41) is 9.54. The summed E-state index contributed by atoms with van der Waals surface area (Å²) in [4.78, 5) is 26.5. The zero-order chi connectivity index (χ0) is 13.5. The fourth-order valence-corrected chi connectivity index (χ4v) is 2.01. The van der Waals surface area contributed by atoms with Crippen LogP contribution in [0, 0.1) is 0 Å². The largest absolute Gasteiger partial charge is 0.389 e. The topological polar surface area (TPSA) is 70.1 Å². The van der Waals surface area contributed by atoms with E-state index in [0.29, 0.717) is 32.5 Å². The minimum absolute atomic E-state index is 0.00890. The van der Waals surface area contributed by atoms with Gasteiger partial charge in [0.15, 0.2) is 0 Å². The number of aliphatic hydroxyl groups excluding tert-OH is 1. The number of hydrogen-bond donors (Lipinski definition) is 1. The van der Waals surface area contributed by atoms with Crippen molar-refractivity contribution >= 4 is 11.7 Å². The lowest BCUT2D eigenvalue weighted by molar-refractivity contribution is -0.135. The van der Waals surface area contributed by atoms with Gasteiger partial charge in [0.05, 0.1) is 19.3 Å². The van der Waals surface area contributed by atoms with Gasteiger partial charge in [-0.15, -0.1) is 0 Å². The highest BCUT2D eigenvalue weighted by atomic mass is 16.5. The third kappa shape index (κ3) is 5.12. The number of Topliss-reactive ketones (excluding diaryl/α,β-unsaturated/α-hetero) is 1. The zero-order valence-electron chi connectivity index (χ0n) is 11.1. The third-order valence-electron chi connectivity index (χ3n) is 2.96. The molecule has 0 aromatic rings. The van der Waals surface area contributed by atoms with Crippen LogP contribution in [-0.4, -0.2) is 79.6 Å². The maximum Gasteiger partial charge on any atom is 0.236 e. The Labute approximate surface area is 107 Å². The van der Waals surface area contributed by atoms with Gasteiger partial charge in [0, 0.05) is 39.6 Å². The van der Waals surface area contributed by atoms with Gasteiger partial charge in [-0.1, -0.05) is 0 Å². The Morgan fingerprint density at radius 2 is 2.11 bits per heavy atom. The van der Waals surface area contributed by atoms with E-state index in [4.69, 9.17) is 4.74 Å². The molecule has 6 heteroatoms. The lowest BCUT2D eigenvalue weighted by Gasteiger charge is -2.28. The van der Waals surface area contributed by atoms with Gasteiger partial charge in [0.1, 0.15) is 5.78 Å². The lowest BCUT2D eigenvalue weighted by atomic mass is 10.1. The molecule has 1 saturated heterocycles. The van der Waals surface area contributed by atoms with Crippen molar-refractivity contribution in [3.8, 4) is 0 Å². The molecule has 0 aliphatic carbocycles. The number of hydrogen-bond acceptors (Lipinski definition) is 5. The molecule has 0 aromatic carbocycles. The summed E-state index contributed by atoms with van der Waals surface area (Å²) in [6.45, 7) is 1.95. The highest BCUT2D eigenvalue weighted by Gasteiger charge is 2.21. The van der Waals surface area contributed by atoms with Crippen LogP contribution in [0.15, 0.2) is 0 Å². The van der Waals surface area contributed by atoms with Gasteiger partial charge in [-0.25, -0.2) is 0 Å². The molecular weight excluding hydrogens is 236 g/mol. The summed E-state index contributed by atoms with van der Waals surface area (Å²) in [6.07, 6.45) is 0.333. The number of likely N-dealkylation sites (tertiary alicyclic amines) is 1. The molecule has 0 saturated carbocycles. The van der Waals surface area contributed by atoms with Crippen LogP contribution in [0.4, 0.5) is 0 Å². The van der Waals surface area contributed by atoms with Crippen molar-refractivity contribution in [2.45, 2.75) is 18.9 Å². The van der Waals surface area contributed by atoms with Crippen LogP contribution in [0.25, 0.3) is 0 Å². The zero-order valence-corrected chi connectivity index (χ0v) is 11.1. The predicted molar refractivity (Wildman–Crippen MR) is 66.2 cm³/mol. The molecule has 1 fully saturated rings. The number of carbonyl (C=O) groups is 2. The molecule has 1 N–H and O–H groups in total. The Morgan fingerprint density at radius 1 is 1.50 bits per heavy atom. The number of nitrogens with zero attached hydrogens (tertiary/aromatic N) is 2. The number of carbonyl (C=O) groups excluding carboxylic acids is 2. The first kappa shape index (κ1) is 15.1. The summed E-state index contributed by atoms with van der Waals surface area (Å²) in [7, 11) is 3.31. The molecule has 1 rings (SSSR count). The van der Waals surface area contributed by atoms with E-state index >= 15 is 0 Å². The molecule has 1 unspecified atom stereocenters. The number of amides is 1. The van der Waals surface area contributed by atoms with Crippen LogP contribution in [0.5, 0.6) is 0 Å². The molecule has 104 valence electrons. The average molecular weight is 258 g/mol. The lowest BCUT2D eigenvalue weighted by Crippen LogP contribution is -2.45. The van der Waals surface area contributed by atoms with Crippen molar-refractivity contribution in [2.75, 3.05) is 46.9 Å². The Morgan fingerprint density at radius 3 is 2.67 bits per heavy atom. The first-order valence-corrected chi connectivity index (χ1v) is 6.18. The van der Waals surface area contributed by atoms with Crippen LogP contribution < -0.4 is 0 Å². The Hall–Kier alpha value is -0.980. The monoisotopic (exact) mass is 258 g/mol. The molecule has 6 nitrogen and oxygen atoms in total. The van der Waals surface area contributed by atoms with Crippen LogP contribution in [0.3, 0.4) is 0 Å². The second-order valence-electron chi connectivity index (χ2n) is 4.73. The second-order valence-corrected chi connectivity index (χ2v) is 4.73. The van der Waals surface area contributed by atoms with Gasteiger partial charge in [-0.3, -0.25) is 14.5 Å². The SMILES string of the molecule is COCC(O)CN(C)CC(=O)N1CCC(=O)CC1. The minimum Gasteiger partial charge on any atom is -0.389 e. The molecule has 1 aliphatic heterocycles. The van der Waals surface area contributed by atoms with Gasteiger partial charge < -0.3 is 14.7 Å². The van der Waals surface area contributed by atoms with E-state index in [1.807, 2.05) is 0 Å². The molecule has 1 aliphatic rings. The van der Waals surface area contributed by atoms with E-state index < -0.39 is 6.10 Å². The molecule has 1 amide bonds. The second kappa shape index (κ2) is 7.45. The average Bonchev–Trinajstić information content (AvgIpc) is 2.29. The normalized spacial score (nSPS) is 18.2. The van der Waals surface area contributed by atoms with Gasteiger partial charge >= 0.3 is 0 Å². The number of piperidine rings is 1. The van der Waals surface area contributed by atoms with E-state index in [2.05, 4.69) is 0 Å². The molecule has 18 heavy (non-hydrogen) atoms. The Bertz CT molecular complexity index is 286. The van der Waals surface area contributed by atoms with Crippen molar-refractivity contribution in [2.24, 2.45) is 0 Å². The highest BCUT2D eigenvalue weighted by molar-refractivity contribution is 5.84. The summed E-state index contributed by atoms with van der Waals surface area (Å²) in [6, 6.07) is 0. The molecule has 0 spiro atoms.